The Balaban J connectivity index is 4.17. The van der Waals surface area contributed by atoms with E-state index in [1.54, 1.807) is 14.2 Å². The molecular weight excluding hydrogens is 196 g/mol. The van der Waals surface area contributed by atoms with E-state index in [1.165, 1.54) is 0 Å². The summed E-state index contributed by atoms with van der Waals surface area (Å²) < 4.78 is 16.4. The molecule has 0 rings (SSSR count). The van der Waals surface area contributed by atoms with Crippen LogP contribution in [0.25, 0.3) is 0 Å². The summed E-state index contributed by atoms with van der Waals surface area (Å²) in [4.78, 5) is 0. The number of hydrogen-bond donors (Lipinski definition) is 0. The minimum atomic E-state index is -1.96. The van der Waals surface area contributed by atoms with Crippen LogP contribution in [0.5, 0.6) is 0 Å². The first-order valence-corrected chi connectivity index (χ1v) is 7.59. The Labute approximate surface area is 89.0 Å². The van der Waals surface area contributed by atoms with Crippen molar-refractivity contribution >= 4 is 8.56 Å². The fourth-order valence-electron chi connectivity index (χ4n) is 1.53. The molecule has 0 amide bonds. The molecule has 0 saturated carbocycles. The Morgan fingerprint density at radius 2 is 1.64 bits per heavy atom. The second-order valence-corrected chi connectivity index (χ2v) is 7.96. The molecule has 0 aromatic carbocycles. The number of hydrogen-bond acceptors (Lipinski definition) is 3. The molecule has 0 aromatic rings. The Kier molecular flexibility index (Phi) is 5.89. The van der Waals surface area contributed by atoms with Gasteiger partial charge < -0.3 is 13.6 Å². The van der Waals surface area contributed by atoms with E-state index in [4.69, 9.17) is 13.6 Å². The lowest BCUT2D eigenvalue weighted by molar-refractivity contribution is 0.0735. The second-order valence-electron chi connectivity index (χ2n) is 4.52. The lowest BCUT2D eigenvalue weighted by atomic mass is 9.98. The summed E-state index contributed by atoms with van der Waals surface area (Å²) in [5.41, 5.74) is 0.128. The monoisotopic (exact) mass is 220 g/mol. The molecule has 0 aliphatic carbocycles. The fraction of sp³-hybridized carbons (Fsp3) is 1.00. The van der Waals surface area contributed by atoms with Crippen molar-refractivity contribution in [1.29, 1.82) is 0 Å². The van der Waals surface area contributed by atoms with Crippen molar-refractivity contribution in [2.24, 2.45) is 5.41 Å². The smallest absolute Gasteiger partial charge is 0.335 e. The van der Waals surface area contributed by atoms with Gasteiger partial charge >= 0.3 is 8.56 Å². The number of rotatable bonds is 7. The summed E-state index contributed by atoms with van der Waals surface area (Å²) in [6.07, 6.45) is 0. The van der Waals surface area contributed by atoms with E-state index < -0.39 is 8.56 Å². The molecule has 14 heavy (non-hydrogen) atoms. The molecule has 0 bridgehead atoms. The van der Waals surface area contributed by atoms with Gasteiger partial charge in [-0.25, -0.2) is 0 Å². The average molecular weight is 220 g/mol. The van der Waals surface area contributed by atoms with Crippen LogP contribution in [0.2, 0.25) is 12.6 Å². The molecule has 3 nitrogen and oxygen atoms in total. The lowest BCUT2D eigenvalue weighted by Crippen LogP contribution is -2.42. The summed E-state index contributed by atoms with van der Waals surface area (Å²) in [7, 11) is 1.49. The fourth-order valence-corrected chi connectivity index (χ4v) is 3.82. The van der Waals surface area contributed by atoms with Crippen LogP contribution < -0.4 is 0 Å². The predicted octanol–water partition coefficient (Wildman–Crippen LogP) is 2.41. The molecule has 0 saturated heterocycles. The topological polar surface area (TPSA) is 27.7 Å². The zero-order valence-electron chi connectivity index (χ0n) is 10.3. The lowest BCUT2D eigenvalue weighted by Gasteiger charge is -2.32. The minimum Gasteiger partial charge on any atom is -0.398 e. The molecule has 0 N–H and O–H groups in total. The van der Waals surface area contributed by atoms with Gasteiger partial charge in [-0.05, 0) is 24.9 Å². The molecule has 4 heteroatoms. The predicted molar refractivity (Wildman–Crippen MR) is 60.7 cm³/mol. The van der Waals surface area contributed by atoms with Crippen LogP contribution in [0.3, 0.4) is 0 Å². The van der Waals surface area contributed by atoms with Gasteiger partial charge in [-0.15, -0.1) is 0 Å². The minimum absolute atomic E-state index is 0.128. The van der Waals surface area contributed by atoms with Crippen molar-refractivity contribution in [1.82, 2.24) is 0 Å². The highest BCUT2D eigenvalue weighted by Gasteiger charge is 2.36. The van der Waals surface area contributed by atoms with Gasteiger partial charge in [-0.2, -0.15) is 0 Å². The van der Waals surface area contributed by atoms with E-state index in [2.05, 4.69) is 20.4 Å². The molecule has 0 atom stereocenters. The van der Waals surface area contributed by atoms with Crippen molar-refractivity contribution in [2.75, 3.05) is 27.4 Å². The third-order valence-corrected chi connectivity index (χ3v) is 5.69. The molecule has 0 aliphatic rings. The van der Waals surface area contributed by atoms with E-state index in [-0.39, 0.29) is 5.41 Å². The van der Waals surface area contributed by atoms with Gasteiger partial charge in [0.25, 0.3) is 0 Å². The van der Waals surface area contributed by atoms with Gasteiger partial charge in [-0.1, -0.05) is 13.8 Å². The van der Waals surface area contributed by atoms with Gasteiger partial charge in [0.1, 0.15) is 0 Å². The Hall–Kier alpha value is 0.0969. The standard InChI is InChI=1S/C10H24O3Si/c1-7-13-8-10(2,3)9-14(6,11-4)12-5/h7-9H2,1-6H3. The molecule has 0 fully saturated rings. The quantitative estimate of drug-likeness (QED) is 0.617. The SMILES string of the molecule is CCOCC(C)(C)C[Si](C)(OC)OC. The van der Waals surface area contributed by atoms with Crippen LogP contribution in [-0.2, 0) is 13.6 Å². The molecule has 0 unspecified atom stereocenters. The highest BCUT2D eigenvalue weighted by molar-refractivity contribution is 6.66. The van der Waals surface area contributed by atoms with Crippen LogP contribution in [0.1, 0.15) is 20.8 Å². The van der Waals surface area contributed by atoms with Crippen LogP contribution in [-0.4, -0.2) is 36.0 Å². The number of ether oxygens (including phenoxy) is 1. The maximum absolute atomic E-state index is 5.46. The molecular formula is C10H24O3Si. The Bertz CT molecular complexity index is 155. The zero-order chi connectivity index (χ0) is 11.2. The Morgan fingerprint density at radius 1 is 1.14 bits per heavy atom. The first-order valence-electron chi connectivity index (χ1n) is 5.07. The van der Waals surface area contributed by atoms with Crippen molar-refractivity contribution in [3.05, 3.63) is 0 Å². The van der Waals surface area contributed by atoms with E-state index in [1.807, 2.05) is 6.92 Å². The molecule has 0 aromatic heterocycles. The molecule has 0 heterocycles. The van der Waals surface area contributed by atoms with Crippen molar-refractivity contribution in [3.63, 3.8) is 0 Å². The third kappa shape index (κ3) is 5.10. The summed E-state index contributed by atoms with van der Waals surface area (Å²) >= 11 is 0. The van der Waals surface area contributed by atoms with Gasteiger partial charge in [0, 0.05) is 20.8 Å². The normalized spacial score (nSPS) is 13.3. The van der Waals surface area contributed by atoms with E-state index in [9.17, 15) is 0 Å². The summed E-state index contributed by atoms with van der Waals surface area (Å²) in [6.45, 7) is 10.00. The largest absolute Gasteiger partial charge is 0.398 e. The summed E-state index contributed by atoms with van der Waals surface area (Å²) in [6, 6.07) is 0.951. The summed E-state index contributed by atoms with van der Waals surface area (Å²) in [5.74, 6) is 0. The maximum Gasteiger partial charge on any atom is 0.335 e. The first-order chi connectivity index (χ1) is 6.39. The van der Waals surface area contributed by atoms with E-state index in [0.29, 0.717) is 0 Å². The van der Waals surface area contributed by atoms with E-state index in [0.717, 1.165) is 19.3 Å². The highest BCUT2D eigenvalue weighted by atomic mass is 28.4. The first kappa shape index (κ1) is 14.1. The maximum atomic E-state index is 5.46. The van der Waals surface area contributed by atoms with Gasteiger partial charge in [0.2, 0.25) is 0 Å². The second kappa shape index (κ2) is 5.85. The van der Waals surface area contributed by atoms with Crippen molar-refractivity contribution < 1.29 is 13.6 Å². The molecule has 0 radical (unpaired) electrons. The summed E-state index contributed by atoms with van der Waals surface area (Å²) in [5, 5.41) is 0. The zero-order valence-corrected chi connectivity index (χ0v) is 11.3. The van der Waals surface area contributed by atoms with Gasteiger partial charge in [0.05, 0.1) is 6.61 Å². The van der Waals surface area contributed by atoms with E-state index >= 15 is 0 Å². The van der Waals surface area contributed by atoms with Crippen LogP contribution in [0, 0.1) is 5.41 Å². The van der Waals surface area contributed by atoms with Crippen LogP contribution >= 0.6 is 0 Å². The molecule has 0 spiro atoms. The van der Waals surface area contributed by atoms with Crippen molar-refractivity contribution in [2.45, 2.75) is 33.4 Å². The van der Waals surface area contributed by atoms with Crippen LogP contribution in [0.15, 0.2) is 0 Å². The molecule has 0 aliphatic heterocycles. The highest BCUT2D eigenvalue weighted by Crippen LogP contribution is 2.29. The third-order valence-electron chi connectivity index (χ3n) is 2.36. The average Bonchev–Trinajstić information content (AvgIpc) is 2.14. The van der Waals surface area contributed by atoms with Crippen LogP contribution in [0.4, 0.5) is 0 Å². The van der Waals surface area contributed by atoms with Crippen molar-refractivity contribution in [3.8, 4) is 0 Å². The van der Waals surface area contributed by atoms with Gasteiger partial charge in [-0.3, -0.25) is 0 Å². The van der Waals surface area contributed by atoms with Gasteiger partial charge in [0.15, 0.2) is 0 Å². The Morgan fingerprint density at radius 3 is 2.00 bits per heavy atom. The molecule has 86 valence electrons.